The van der Waals surface area contributed by atoms with E-state index < -0.39 is 27.8 Å². The highest BCUT2D eigenvalue weighted by Crippen LogP contribution is 2.32. The van der Waals surface area contributed by atoms with Crippen LogP contribution in [0.5, 0.6) is 0 Å². The number of likely N-dealkylation sites (N-methyl/N-ethyl adjacent to an activating group) is 1. The van der Waals surface area contributed by atoms with Crippen LogP contribution in [0.2, 0.25) is 0 Å². The lowest BCUT2D eigenvalue weighted by molar-refractivity contribution is -0.140. The Balaban J connectivity index is 2.17. The number of nitrogens with one attached hydrogen (secondary N) is 1. The Hall–Kier alpha value is -3.08. The largest absolute Gasteiger partial charge is 0.416 e. The first-order valence-electron chi connectivity index (χ1n) is 11.6. The summed E-state index contributed by atoms with van der Waals surface area (Å²) in [5.41, 5.74) is -0.0967. The van der Waals surface area contributed by atoms with Gasteiger partial charge in [0.25, 0.3) is 0 Å². The Morgan fingerprint density at radius 1 is 1.03 bits per heavy atom. The second kappa shape index (κ2) is 12.8. The molecule has 2 rings (SSSR count). The average molecular weight is 528 g/mol. The van der Waals surface area contributed by atoms with E-state index in [1.165, 1.54) is 18.0 Å². The number of sulfonamides is 1. The van der Waals surface area contributed by atoms with Crippen molar-refractivity contribution in [1.29, 1.82) is 0 Å². The number of carbonyl (C=O) groups excluding carboxylic acids is 2. The maximum atomic E-state index is 13.2. The minimum atomic E-state index is -4.62. The molecular formula is C25H32F3N3O4S. The van der Waals surface area contributed by atoms with E-state index in [0.29, 0.717) is 12.8 Å². The molecule has 0 heterocycles. The summed E-state index contributed by atoms with van der Waals surface area (Å²) in [5, 5.41) is 2.57. The van der Waals surface area contributed by atoms with E-state index >= 15 is 0 Å². The van der Waals surface area contributed by atoms with Crippen LogP contribution in [0.25, 0.3) is 0 Å². The number of benzene rings is 2. The van der Waals surface area contributed by atoms with Crippen LogP contribution in [0.15, 0.2) is 54.6 Å². The highest BCUT2D eigenvalue weighted by Gasteiger charge is 2.32. The molecule has 0 saturated carbocycles. The summed E-state index contributed by atoms with van der Waals surface area (Å²) < 4.78 is 64.9. The highest BCUT2D eigenvalue weighted by molar-refractivity contribution is 7.92. The van der Waals surface area contributed by atoms with Crippen molar-refractivity contribution in [1.82, 2.24) is 10.2 Å². The summed E-state index contributed by atoms with van der Waals surface area (Å²) >= 11 is 0. The Morgan fingerprint density at radius 3 is 2.25 bits per heavy atom. The number of hydrogen-bond donors (Lipinski definition) is 1. The number of halogens is 3. The van der Waals surface area contributed by atoms with Crippen LogP contribution >= 0.6 is 0 Å². The zero-order valence-electron chi connectivity index (χ0n) is 20.6. The van der Waals surface area contributed by atoms with Gasteiger partial charge in [0.1, 0.15) is 6.04 Å². The molecular weight excluding hydrogens is 495 g/mol. The summed E-state index contributed by atoms with van der Waals surface area (Å²) in [6.07, 6.45) is -2.82. The van der Waals surface area contributed by atoms with Crippen LogP contribution in [0.3, 0.4) is 0 Å². The quantitative estimate of drug-likeness (QED) is 0.454. The molecule has 0 radical (unpaired) electrons. The maximum Gasteiger partial charge on any atom is 0.416 e. The van der Waals surface area contributed by atoms with Crippen LogP contribution in [-0.2, 0) is 32.2 Å². The molecule has 1 N–H and O–H groups in total. The number of amides is 2. The Morgan fingerprint density at radius 2 is 1.69 bits per heavy atom. The van der Waals surface area contributed by atoms with E-state index in [1.54, 1.807) is 6.92 Å². The van der Waals surface area contributed by atoms with Crippen molar-refractivity contribution in [2.75, 3.05) is 30.7 Å². The first-order chi connectivity index (χ1) is 16.9. The second-order valence-electron chi connectivity index (χ2n) is 8.35. The van der Waals surface area contributed by atoms with E-state index in [4.69, 9.17) is 0 Å². The fourth-order valence-electron chi connectivity index (χ4n) is 3.90. The highest BCUT2D eigenvalue weighted by atomic mass is 32.2. The van der Waals surface area contributed by atoms with Gasteiger partial charge in [0, 0.05) is 26.6 Å². The van der Waals surface area contributed by atoms with Gasteiger partial charge in [0.2, 0.25) is 21.8 Å². The van der Waals surface area contributed by atoms with Crippen LogP contribution < -0.4 is 9.62 Å². The monoisotopic (exact) mass is 527 g/mol. The van der Waals surface area contributed by atoms with Crippen molar-refractivity contribution < 1.29 is 31.2 Å². The predicted octanol–water partition coefficient (Wildman–Crippen LogP) is 3.85. The first-order valence-corrected chi connectivity index (χ1v) is 13.4. The topological polar surface area (TPSA) is 86.8 Å². The smallest absolute Gasteiger partial charge is 0.357 e. The standard InChI is InChI=1S/C25H32F3N3O4S/c1-4-22(24(33)29-2)30(17-15-19-10-6-5-7-11-19)23(32)14-9-16-31(36(3,34)35)21-13-8-12-20(18-21)25(26,27)28/h5-8,10-13,18,22H,4,9,14-17H2,1-3H3,(H,29,33)/t22-/m1/s1. The van der Waals surface area contributed by atoms with E-state index in [1.807, 2.05) is 30.3 Å². The van der Waals surface area contributed by atoms with E-state index in [-0.39, 0.29) is 43.4 Å². The van der Waals surface area contributed by atoms with Gasteiger partial charge >= 0.3 is 6.18 Å². The molecule has 2 amide bonds. The normalized spacial score (nSPS) is 12.6. The lowest BCUT2D eigenvalue weighted by Crippen LogP contribution is -2.49. The van der Waals surface area contributed by atoms with Crippen molar-refractivity contribution in [3.63, 3.8) is 0 Å². The molecule has 0 aliphatic heterocycles. The lowest BCUT2D eigenvalue weighted by Gasteiger charge is -2.30. The molecule has 0 unspecified atom stereocenters. The Labute approximate surface area is 210 Å². The average Bonchev–Trinajstić information content (AvgIpc) is 2.83. The minimum Gasteiger partial charge on any atom is -0.357 e. The number of rotatable bonds is 12. The van der Waals surface area contributed by atoms with Crippen LogP contribution in [0, 0.1) is 0 Å². The van der Waals surface area contributed by atoms with E-state index in [9.17, 15) is 31.2 Å². The summed E-state index contributed by atoms with van der Waals surface area (Å²) in [5.74, 6) is -0.639. The molecule has 0 aliphatic rings. The van der Waals surface area contributed by atoms with Gasteiger partial charge in [-0.1, -0.05) is 43.3 Å². The number of anilines is 1. The molecule has 11 heteroatoms. The van der Waals surface area contributed by atoms with Gasteiger partial charge in [-0.15, -0.1) is 0 Å². The summed E-state index contributed by atoms with van der Waals surface area (Å²) in [4.78, 5) is 27.1. The molecule has 1 atom stereocenters. The Kier molecular flexibility index (Phi) is 10.3. The van der Waals surface area contributed by atoms with Crippen molar-refractivity contribution in [3.8, 4) is 0 Å². The molecule has 2 aromatic carbocycles. The number of carbonyl (C=O) groups is 2. The summed E-state index contributed by atoms with van der Waals surface area (Å²) in [6.45, 7) is 1.90. The maximum absolute atomic E-state index is 13.2. The van der Waals surface area contributed by atoms with Crippen molar-refractivity contribution in [3.05, 3.63) is 65.7 Å². The Bertz CT molecular complexity index is 1120. The zero-order chi connectivity index (χ0) is 26.9. The molecule has 2 aromatic rings. The fourth-order valence-corrected chi connectivity index (χ4v) is 4.86. The van der Waals surface area contributed by atoms with Gasteiger partial charge in [0.05, 0.1) is 17.5 Å². The van der Waals surface area contributed by atoms with Gasteiger partial charge in [-0.3, -0.25) is 13.9 Å². The molecule has 0 bridgehead atoms. The second-order valence-corrected chi connectivity index (χ2v) is 10.3. The van der Waals surface area contributed by atoms with Crippen molar-refractivity contribution >= 4 is 27.5 Å². The number of alkyl halides is 3. The molecule has 36 heavy (non-hydrogen) atoms. The molecule has 7 nitrogen and oxygen atoms in total. The number of hydrogen-bond acceptors (Lipinski definition) is 4. The summed E-state index contributed by atoms with van der Waals surface area (Å²) in [6, 6.07) is 12.8. The number of nitrogens with zero attached hydrogens (tertiary/aromatic N) is 2. The SMILES string of the molecule is CC[C@H](C(=O)NC)N(CCc1ccccc1)C(=O)CCCN(c1cccc(C(F)(F)F)c1)S(C)(=O)=O. The molecule has 198 valence electrons. The molecule has 0 fully saturated rings. The zero-order valence-corrected chi connectivity index (χ0v) is 21.4. The van der Waals surface area contributed by atoms with Crippen LogP contribution in [0.1, 0.15) is 37.3 Å². The first kappa shape index (κ1) is 29.2. The molecule has 0 spiro atoms. The van der Waals surface area contributed by atoms with Crippen molar-refractivity contribution in [2.24, 2.45) is 0 Å². The summed E-state index contributed by atoms with van der Waals surface area (Å²) in [7, 11) is -2.42. The van der Waals surface area contributed by atoms with Crippen LogP contribution in [-0.4, -0.2) is 57.6 Å². The lowest BCUT2D eigenvalue weighted by atomic mass is 10.1. The van der Waals surface area contributed by atoms with Gasteiger partial charge in [-0.05, 0) is 43.0 Å². The van der Waals surface area contributed by atoms with Gasteiger partial charge in [-0.2, -0.15) is 13.2 Å². The van der Waals surface area contributed by atoms with E-state index in [0.717, 1.165) is 34.3 Å². The predicted molar refractivity (Wildman–Crippen MR) is 133 cm³/mol. The molecule has 0 aliphatic carbocycles. The van der Waals surface area contributed by atoms with Gasteiger partial charge in [-0.25, -0.2) is 8.42 Å². The minimum absolute atomic E-state index is 0.0637. The fraction of sp³-hybridized carbons (Fsp3) is 0.440. The van der Waals surface area contributed by atoms with E-state index in [2.05, 4.69) is 5.32 Å². The molecule has 0 saturated heterocycles. The van der Waals surface area contributed by atoms with Gasteiger partial charge < -0.3 is 10.2 Å². The molecule has 0 aromatic heterocycles. The third kappa shape index (κ3) is 8.25. The van der Waals surface area contributed by atoms with Gasteiger partial charge in [0.15, 0.2) is 0 Å². The van der Waals surface area contributed by atoms with Crippen LogP contribution in [0.4, 0.5) is 18.9 Å². The third-order valence-electron chi connectivity index (χ3n) is 5.73. The van der Waals surface area contributed by atoms with Crippen molar-refractivity contribution in [2.45, 2.75) is 44.8 Å². The third-order valence-corrected chi connectivity index (χ3v) is 6.92.